The first-order valence-corrected chi connectivity index (χ1v) is 12.2. The number of esters is 1. The molecule has 0 saturated carbocycles. The van der Waals surface area contributed by atoms with Gasteiger partial charge >= 0.3 is 5.97 Å². The number of aryl methyl sites for hydroxylation is 1. The molecule has 3 aromatic carbocycles. The van der Waals surface area contributed by atoms with Crippen molar-refractivity contribution >= 4 is 29.3 Å². The third kappa shape index (κ3) is 3.96. The molecular weight excluding hydrogens is 468 g/mol. The summed E-state index contributed by atoms with van der Waals surface area (Å²) in [5, 5.41) is 3.43. The van der Waals surface area contributed by atoms with Crippen molar-refractivity contribution in [1.29, 1.82) is 0 Å². The van der Waals surface area contributed by atoms with E-state index in [9.17, 15) is 19.2 Å². The SMILES string of the molecule is COC(=O)[C@]1(Cc2ccccc2)N[C@H](c2ccccc2C)[C@H]2C(=O)N(c3cccc(C(C)=O)c3)C(=O)[C@@H]21. The maximum atomic E-state index is 14.1. The number of ketones is 1. The quantitative estimate of drug-likeness (QED) is 0.317. The van der Waals surface area contributed by atoms with E-state index in [0.717, 1.165) is 21.6 Å². The zero-order chi connectivity index (χ0) is 26.3. The van der Waals surface area contributed by atoms with Crippen LogP contribution in [0.2, 0.25) is 0 Å². The van der Waals surface area contributed by atoms with Crippen LogP contribution in [0.1, 0.15) is 40.0 Å². The Hall–Kier alpha value is -4.10. The van der Waals surface area contributed by atoms with Crippen molar-refractivity contribution in [3.63, 3.8) is 0 Å². The number of fused-ring (bicyclic) bond motifs is 1. The molecule has 0 unspecified atom stereocenters. The van der Waals surface area contributed by atoms with Gasteiger partial charge in [-0.25, -0.2) is 4.90 Å². The van der Waals surface area contributed by atoms with Gasteiger partial charge in [0, 0.05) is 18.0 Å². The smallest absolute Gasteiger partial charge is 0.327 e. The Kier molecular flexibility index (Phi) is 6.25. The molecule has 0 spiro atoms. The fourth-order valence-corrected chi connectivity index (χ4v) is 5.85. The van der Waals surface area contributed by atoms with E-state index in [1.165, 1.54) is 14.0 Å². The van der Waals surface area contributed by atoms with E-state index >= 15 is 0 Å². The first-order chi connectivity index (χ1) is 17.8. The van der Waals surface area contributed by atoms with Gasteiger partial charge < -0.3 is 4.74 Å². The molecule has 0 aliphatic carbocycles. The lowest BCUT2D eigenvalue weighted by Crippen LogP contribution is -2.57. The number of carbonyl (C=O) groups excluding carboxylic acids is 4. The van der Waals surface area contributed by atoms with Crippen molar-refractivity contribution in [3.8, 4) is 0 Å². The Balaban J connectivity index is 1.69. The number of Topliss-reactive ketones (excluding diaryl/α,β-unsaturated/α-hetero) is 1. The van der Waals surface area contributed by atoms with Gasteiger partial charge in [-0.2, -0.15) is 0 Å². The molecule has 2 aliphatic heterocycles. The summed E-state index contributed by atoms with van der Waals surface area (Å²) in [6.45, 7) is 3.37. The molecule has 1 N–H and O–H groups in total. The van der Waals surface area contributed by atoms with Gasteiger partial charge in [-0.1, -0.05) is 66.7 Å². The summed E-state index contributed by atoms with van der Waals surface area (Å²) in [6, 6.07) is 22.9. The number of carbonyl (C=O) groups is 4. The van der Waals surface area contributed by atoms with E-state index in [1.807, 2.05) is 61.5 Å². The molecule has 0 bridgehead atoms. The zero-order valence-corrected chi connectivity index (χ0v) is 20.9. The Bertz CT molecular complexity index is 1400. The summed E-state index contributed by atoms with van der Waals surface area (Å²) < 4.78 is 5.28. The van der Waals surface area contributed by atoms with E-state index in [-0.39, 0.29) is 12.2 Å². The highest BCUT2D eigenvalue weighted by molar-refractivity contribution is 6.24. The molecule has 3 aromatic rings. The Labute approximate surface area is 215 Å². The number of nitrogens with one attached hydrogen (secondary N) is 1. The molecular formula is C30H28N2O5. The fraction of sp³-hybridized carbons (Fsp3) is 0.267. The topological polar surface area (TPSA) is 92.8 Å². The van der Waals surface area contributed by atoms with Gasteiger partial charge in [0.25, 0.3) is 0 Å². The van der Waals surface area contributed by atoms with Crippen LogP contribution < -0.4 is 10.2 Å². The van der Waals surface area contributed by atoms with Crippen molar-refractivity contribution in [1.82, 2.24) is 5.32 Å². The van der Waals surface area contributed by atoms with Gasteiger partial charge in [-0.15, -0.1) is 0 Å². The van der Waals surface area contributed by atoms with Crippen LogP contribution in [0.4, 0.5) is 5.69 Å². The average Bonchev–Trinajstić information content (AvgIpc) is 3.38. The van der Waals surface area contributed by atoms with Gasteiger partial charge in [0.2, 0.25) is 11.8 Å². The van der Waals surface area contributed by atoms with Gasteiger partial charge in [0.15, 0.2) is 5.78 Å². The first kappa shape index (κ1) is 24.6. The lowest BCUT2D eigenvalue weighted by molar-refractivity contribution is -0.152. The molecule has 4 atom stereocenters. The van der Waals surface area contributed by atoms with Crippen LogP contribution in [0.25, 0.3) is 0 Å². The van der Waals surface area contributed by atoms with Crippen molar-refractivity contribution in [3.05, 3.63) is 101 Å². The molecule has 2 amide bonds. The largest absolute Gasteiger partial charge is 0.468 e. The predicted molar refractivity (Wildman–Crippen MR) is 138 cm³/mol. The number of methoxy groups -OCH3 is 1. The second-order valence-electron chi connectivity index (χ2n) is 9.73. The molecule has 5 rings (SSSR count). The number of rotatable bonds is 6. The highest BCUT2D eigenvalue weighted by Crippen LogP contribution is 2.51. The molecule has 2 heterocycles. The third-order valence-corrected chi connectivity index (χ3v) is 7.56. The maximum absolute atomic E-state index is 14.1. The minimum atomic E-state index is -1.46. The first-order valence-electron chi connectivity index (χ1n) is 12.2. The van der Waals surface area contributed by atoms with Crippen LogP contribution in [-0.2, 0) is 25.5 Å². The molecule has 0 radical (unpaired) electrons. The second kappa shape index (κ2) is 9.41. The summed E-state index contributed by atoms with van der Waals surface area (Å²) in [7, 11) is 1.29. The summed E-state index contributed by atoms with van der Waals surface area (Å²) in [5.41, 5.74) is 1.87. The molecule has 7 heteroatoms. The lowest BCUT2D eigenvalue weighted by atomic mass is 9.76. The Morgan fingerprint density at radius 3 is 2.32 bits per heavy atom. The standard InChI is InChI=1S/C30H28N2O5/c1-18-10-7-8-15-23(18)26-24-25(30(31-26,29(36)37-3)17-20-11-5-4-6-12-20)28(35)32(27(24)34)22-14-9-13-21(16-22)19(2)33/h4-16,24-26,31H,17H2,1-3H3/t24-,25+,26+,30+/m0/s1. The fourth-order valence-electron chi connectivity index (χ4n) is 5.85. The lowest BCUT2D eigenvalue weighted by Gasteiger charge is -2.33. The van der Waals surface area contributed by atoms with Crippen molar-refractivity contribution in [2.24, 2.45) is 11.8 Å². The van der Waals surface area contributed by atoms with Crippen LogP contribution in [0, 0.1) is 18.8 Å². The number of imide groups is 1. The maximum Gasteiger partial charge on any atom is 0.327 e. The van der Waals surface area contributed by atoms with Crippen LogP contribution in [0.5, 0.6) is 0 Å². The molecule has 0 aromatic heterocycles. The number of anilines is 1. The predicted octanol–water partition coefficient (Wildman–Crippen LogP) is 3.80. The van der Waals surface area contributed by atoms with E-state index in [4.69, 9.17) is 4.74 Å². The summed E-state index contributed by atoms with van der Waals surface area (Å²) in [4.78, 5) is 54.9. The molecule has 7 nitrogen and oxygen atoms in total. The summed E-state index contributed by atoms with van der Waals surface area (Å²) in [6.07, 6.45) is 0.171. The number of hydrogen-bond acceptors (Lipinski definition) is 6. The monoisotopic (exact) mass is 496 g/mol. The highest BCUT2D eigenvalue weighted by Gasteiger charge is 2.69. The second-order valence-corrected chi connectivity index (χ2v) is 9.73. The van der Waals surface area contributed by atoms with E-state index in [1.54, 1.807) is 24.3 Å². The number of nitrogens with zero attached hydrogens (tertiary/aromatic N) is 1. The van der Waals surface area contributed by atoms with Crippen molar-refractivity contribution < 1.29 is 23.9 Å². The number of benzene rings is 3. The zero-order valence-electron chi connectivity index (χ0n) is 20.9. The van der Waals surface area contributed by atoms with Crippen LogP contribution in [0.15, 0.2) is 78.9 Å². The van der Waals surface area contributed by atoms with E-state index in [2.05, 4.69) is 5.32 Å². The average molecular weight is 497 g/mol. The minimum Gasteiger partial charge on any atom is -0.468 e. The molecule has 188 valence electrons. The van der Waals surface area contributed by atoms with Crippen molar-refractivity contribution in [2.45, 2.75) is 31.8 Å². The highest BCUT2D eigenvalue weighted by atomic mass is 16.5. The van der Waals surface area contributed by atoms with Gasteiger partial charge in [0.1, 0.15) is 5.54 Å². The number of ether oxygens (including phenoxy) is 1. The van der Waals surface area contributed by atoms with E-state index in [0.29, 0.717) is 11.3 Å². The molecule has 2 fully saturated rings. The van der Waals surface area contributed by atoms with Crippen LogP contribution in [0.3, 0.4) is 0 Å². The van der Waals surface area contributed by atoms with Crippen LogP contribution in [-0.4, -0.2) is 36.2 Å². The Morgan fingerprint density at radius 2 is 1.65 bits per heavy atom. The normalized spacial score (nSPS) is 24.7. The van der Waals surface area contributed by atoms with Gasteiger partial charge in [0.05, 0.1) is 24.6 Å². The third-order valence-electron chi connectivity index (χ3n) is 7.56. The van der Waals surface area contributed by atoms with E-state index < -0.39 is 41.2 Å². The Morgan fingerprint density at radius 1 is 0.946 bits per heavy atom. The molecule has 2 aliphatic rings. The summed E-state index contributed by atoms with van der Waals surface area (Å²) in [5.74, 6) is -3.50. The minimum absolute atomic E-state index is 0.171. The number of hydrogen-bond donors (Lipinski definition) is 1. The molecule has 2 saturated heterocycles. The van der Waals surface area contributed by atoms with Crippen molar-refractivity contribution in [2.75, 3.05) is 12.0 Å². The molecule has 37 heavy (non-hydrogen) atoms. The summed E-state index contributed by atoms with van der Waals surface area (Å²) >= 11 is 0. The van der Waals surface area contributed by atoms with Gasteiger partial charge in [-0.05, 0) is 42.7 Å². The van der Waals surface area contributed by atoms with Gasteiger partial charge in [-0.3, -0.25) is 24.5 Å². The van der Waals surface area contributed by atoms with Crippen LogP contribution >= 0.6 is 0 Å². The number of amides is 2.